The van der Waals surface area contributed by atoms with Crippen molar-refractivity contribution in [3.63, 3.8) is 0 Å². The topological polar surface area (TPSA) is 60.8 Å². The van der Waals surface area contributed by atoms with Crippen LogP contribution < -0.4 is 10.3 Å². The molecule has 1 fully saturated rings. The van der Waals surface area contributed by atoms with Crippen LogP contribution in [0.1, 0.15) is 18.4 Å². The quantitative estimate of drug-likeness (QED) is 0.672. The van der Waals surface area contributed by atoms with Crippen molar-refractivity contribution in [2.45, 2.75) is 18.9 Å². The van der Waals surface area contributed by atoms with Crippen molar-refractivity contribution in [1.29, 1.82) is 0 Å². The monoisotopic (exact) mass is 296 g/mol. The van der Waals surface area contributed by atoms with Crippen LogP contribution in [0.4, 0.5) is 11.5 Å². The summed E-state index contributed by atoms with van der Waals surface area (Å²) >= 11 is 0. The number of hydrogen-bond acceptors (Lipinski definition) is 5. The van der Waals surface area contributed by atoms with Gasteiger partial charge in [-0.25, -0.2) is 4.98 Å². The number of rotatable bonds is 4. The summed E-state index contributed by atoms with van der Waals surface area (Å²) < 4.78 is 0. The van der Waals surface area contributed by atoms with E-state index in [2.05, 4.69) is 32.5 Å². The second kappa shape index (κ2) is 7.04. The summed E-state index contributed by atoms with van der Waals surface area (Å²) in [5, 5.41) is 13.7. The Kier molecular flexibility index (Phi) is 4.65. The van der Waals surface area contributed by atoms with Gasteiger partial charge in [-0.15, -0.1) is 0 Å². The standard InChI is InChI=1S/C17H20N4O/c22-16-8-11-21(12-9-16)15-6-4-14(5-7-15)13-19-20-17-3-1-2-10-18-17/h1-7,10,13,16,22H,8-9,11-12H2,(H,18,20). The number of hydrazone groups is 1. The van der Waals surface area contributed by atoms with Crippen LogP contribution in [0.25, 0.3) is 0 Å². The molecule has 0 spiro atoms. The zero-order chi connectivity index (χ0) is 15.2. The lowest BCUT2D eigenvalue weighted by molar-refractivity contribution is 0.145. The average molecular weight is 296 g/mol. The van der Waals surface area contributed by atoms with Gasteiger partial charge in [0.15, 0.2) is 0 Å². The average Bonchev–Trinajstić information content (AvgIpc) is 2.57. The van der Waals surface area contributed by atoms with Gasteiger partial charge in [0.25, 0.3) is 0 Å². The molecular weight excluding hydrogens is 276 g/mol. The van der Waals surface area contributed by atoms with Crippen molar-refractivity contribution in [2.75, 3.05) is 23.4 Å². The smallest absolute Gasteiger partial charge is 0.146 e. The highest BCUT2D eigenvalue weighted by molar-refractivity contribution is 5.80. The van der Waals surface area contributed by atoms with Gasteiger partial charge < -0.3 is 10.0 Å². The number of pyridine rings is 1. The summed E-state index contributed by atoms with van der Waals surface area (Å²) in [6.45, 7) is 1.83. The Morgan fingerprint density at radius 3 is 2.59 bits per heavy atom. The Bertz CT molecular complexity index is 604. The highest BCUT2D eigenvalue weighted by atomic mass is 16.3. The van der Waals surface area contributed by atoms with Crippen molar-refractivity contribution in [3.8, 4) is 0 Å². The van der Waals surface area contributed by atoms with Crippen molar-refractivity contribution >= 4 is 17.7 Å². The second-order valence-electron chi connectivity index (χ2n) is 5.39. The third-order valence-corrected chi connectivity index (χ3v) is 3.78. The van der Waals surface area contributed by atoms with Crippen molar-refractivity contribution < 1.29 is 5.11 Å². The molecule has 2 heterocycles. The van der Waals surface area contributed by atoms with Crippen molar-refractivity contribution in [3.05, 3.63) is 54.2 Å². The molecule has 114 valence electrons. The van der Waals surface area contributed by atoms with Crippen LogP contribution in [-0.2, 0) is 0 Å². The number of nitrogens with one attached hydrogen (secondary N) is 1. The number of benzene rings is 1. The van der Waals surface area contributed by atoms with Crippen LogP contribution in [0.2, 0.25) is 0 Å². The molecule has 1 aliphatic heterocycles. The van der Waals surface area contributed by atoms with Crippen LogP contribution in [-0.4, -0.2) is 35.5 Å². The Balaban J connectivity index is 1.57. The zero-order valence-electron chi connectivity index (χ0n) is 12.4. The lowest BCUT2D eigenvalue weighted by Gasteiger charge is -2.31. The first kappa shape index (κ1) is 14.5. The molecular formula is C17H20N4O. The van der Waals surface area contributed by atoms with Crippen LogP contribution >= 0.6 is 0 Å². The van der Waals surface area contributed by atoms with Gasteiger partial charge in [-0.1, -0.05) is 18.2 Å². The van der Waals surface area contributed by atoms with Gasteiger partial charge in [-0.3, -0.25) is 5.43 Å². The van der Waals surface area contributed by atoms with E-state index in [0.717, 1.165) is 37.3 Å². The molecule has 1 aromatic carbocycles. The maximum atomic E-state index is 9.55. The molecule has 3 rings (SSSR count). The Labute approximate surface area is 130 Å². The summed E-state index contributed by atoms with van der Waals surface area (Å²) in [7, 11) is 0. The minimum Gasteiger partial charge on any atom is -0.393 e. The van der Waals surface area contributed by atoms with E-state index in [1.165, 1.54) is 5.69 Å². The predicted molar refractivity (Wildman–Crippen MR) is 89.3 cm³/mol. The zero-order valence-corrected chi connectivity index (χ0v) is 12.4. The SMILES string of the molecule is OC1CCN(c2ccc(C=NNc3ccccn3)cc2)CC1. The summed E-state index contributed by atoms with van der Waals surface area (Å²) in [5.41, 5.74) is 5.12. The van der Waals surface area contributed by atoms with Crippen LogP contribution in [0.3, 0.4) is 0 Å². The van der Waals surface area contributed by atoms with E-state index in [0.29, 0.717) is 0 Å². The molecule has 0 atom stereocenters. The molecule has 5 heteroatoms. The summed E-state index contributed by atoms with van der Waals surface area (Å²) in [5.74, 6) is 0.724. The number of anilines is 2. The summed E-state index contributed by atoms with van der Waals surface area (Å²) in [6.07, 6.45) is 5.05. The van der Waals surface area contributed by atoms with E-state index >= 15 is 0 Å². The first-order valence-electron chi connectivity index (χ1n) is 7.54. The molecule has 1 aliphatic rings. The van der Waals surface area contributed by atoms with Crippen molar-refractivity contribution in [2.24, 2.45) is 5.10 Å². The Morgan fingerprint density at radius 2 is 1.91 bits per heavy atom. The number of aliphatic hydroxyl groups is 1. The molecule has 1 aromatic heterocycles. The van der Waals surface area contributed by atoms with Crippen molar-refractivity contribution in [1.82, 2.24) is 4.98 Å². The minimum atomic E-state index is -0.139. The largest absolute Gasteiger partial charge is 0.393 e. The third kappa shape index (κ3) is 3.83. The number of piperidine rings is 1. The van der Waals surface area contributed by atoms with E-state index in [1.807, 2.05) is 30.3 Å². The van der Waals surface area contributed by atoms with E-state index in [-0.39, 0.29) is 6.10 Å². The highest BCUT2D eigenvalue weighted by Gasteiger charge is 2.16. The van der Waals surface area contributed by atoms with Crippen LogP contribution in [0, 0.1) is 0 Å². The van der Waals surface area contributed by atoms with Crippen LogP contribution in [0.5, 0.6) is 0 Å². The normalized spacial score (nSPS) is 16.1. The fraction of sp³-hybridized carbons (Fsp3) is 0.294. The number of hydrogen-bond donors (Lipinski definition) is 2. The summed E-state index contributed by atoms with van der Waals surface area (Å²) in [4.78, 5) is 6.44. The van der Waals surface area contributed by atoms with Gasteiger partial charge in [-0.2, -0.15) is 5.10 Å². The van der Waals surface area contributed by atoms with Gasteiger partial charge in [0.2, 0.25) is 0 Å². The number of aromatic nitrogens is 1. The molecule has 2 N–H and O–H groups in total. The first-order valence-corrected chi connectivity index (χ1v) is 7.54. The van der Waals surface area contributed by atoms with E-state index < -0.39 is 0 Å². The molecule has 1 saturated heterocycles. The second-order valence-corrected chi connectivity index (χ2v) is 5.39. The first-order chi connectivity index (χ1) is 10.8. The fourth-order valence-corrected chi connectivity index (χ4v) is 2.50. The van der Waals surface area contributed by atoms with Crippen LogP contribution in [0.15, 0.2) is 53.8 Å². The maximum absolute atomic E-state index is 9.55. The molecule has 5 nitrogen and oxygen atoms in total. The van der Waals surface area contributed by atoms with Gasteiger partial charge >= 0.3 is 0 Å². The van der Waals surface area contributed by atoms with E-state index in [9.17, 15) is 5.11 Å². The molecule has 0 aliphatic carbocycles. The molecule has 0 saturated carbocycles. The highest BCUT2D eigenvalue weighted by Crippen LogP contribution is 2.20. The molecule has 0 amide bonds. The van der Waals surface area contributed by atoms with E-state index in [1.54, 1.807) is 12.4 Å². The van der Waals surface area contributed by atoms with Gasteiger partial charge in [0.1, 0.15) is 5.82 Å². The van der Waals surface area contributed by atoms with E-state index in [4.69, 9.17) is 0 Å². The summed E-state index contributed by atoms with van der Waals surface area (Å²) in [6, 6.07) is 13.9. The minimum absolute atomic E-state index is 0.139. The molecule has 0 unspecified atom stereocenters. The lowest BCUT2D eigenvalue weighted by Crippen LogP contribution is -2.35. The van der Waals surface area contributed by atoms with Gasteiger partial charge in [-0.05, 0) is 42.7 Å². The number of aliphatic hydroxyl groups excluding tert-OH is 1. The molecule has 0 radical (unpaired) electrons. The van der Waals surface area contributed by atoms with Gasteiger partial charge in [0.05, 0.1) is 12.3 Å². The fourth-order valence-electron chi connectivity index (χ4n) is 2.50. The third-order valence-electron chi connectivity index (χ3n) is 3.78. The number of nitrogens with zero attached hydrogens (tertiary/aromatic N) is 3. The lowest BCUT2D eigenvalue weighted by atomic mass is 10.1. The molecule has 2 aromatic rings. The molecule has 0 bridgehead atoms. The maximum Gasteiger partial charge on any atom is 0.146 e. The Hall–Kier alpha value is -2.40. The predicted octanol–water partition coefficient (Wildman–Crippen LogP) is 2.49. The van der Waals surface area contributed by atoms with Gasteiger partial charge in [0, 0.05) is 25.0 Å². The molecule has 22 heavy (non-hydrogen) atoms. The Morgan fingerprint density at radius 1 is 1.14 bits per heavy atom.